The predicted octanol–water partition coefficient (Wildman–Crippen LogP) is 5.63. The van der Waals surface area contributed by atoms with Gasteiger partial charge in [-0.05, 0) is 48.4 Å². The standard InChI is InChI=1S/C20H18F7NO2/c1-11(13-8-14(19(22,23)24)10-15(9-13)20(25,26)27)30-18-17(28-6-7-29-18)12-2-4-16(21)5-3-12/h2-5,8-11,17-18,28H,6-7H2,1H3/t11?,17-,18-/m1/s1. The first-order valence-corrected chi connectivity index (χ1v) is 9.00. The number of hydrogen-bond donors (Lipinski definition) is 1. The Kier molecular flexibility index (Phi) is 6.40. The lowest BCUT2D eigenvalue weighted by molar-refractivity contribution is -0.200. The highest BCUT2D eigenvalue weighted by atomic mass is 19.4. The first-order valence-electron chi connectivity index (χ1n) is 9.00. The van der Waals surface area contributed by atoms with Gasteiger partial charge in [0.2, 0.25) is 0 Å². The SMILES string of the molecule is CC(O[C@H]1OCCN[C@@H]1c1ccc(F)cc1)c1cc(C(F)(F)F)cc(C(F)(F)F)c1. The van der Waals surface area contributed by atoms with Crippen molar-refractivity contribution in [2.45, 2.75) is 37.7 Å². The fourth-order valence-corrected chi connectivity index (χ4v) is 3.14. The molecule has 0 spiro atoms. The van der Waals surface area contributed by atoms with E-state index >= 15 is 0 Å². The Morgan fingerprint density at radius 3 is 2.07 bits per heavy atom. The van der Waals surface area contributed by atoms with E-state index in [1.54, 1.807) is 0 Å². The minimum Gasteiger partial charge on any atom is -0.349 e. The number of alkyl halides is 6. The molecule has 3 rings (SSSR count). The second kappa shape index (κ2) is 8.52. The zero-order chi connectivity index (χ0) is 22.1. The molecule has 3 nitrogen and oxygen atoms in total. The van der Waals surface area contributed by atoms with Gasteiger partial charge in [0.25, 0.3) is 0 Å². The van der Waals surface area contributed by atoms with Crippen molar-refractivity contribution in [1.29, 1.82) is 0 Å². The van der Waals surface area contributed by atoms with Gasteiger partial charge in [-0.3, -0.25) is 0 Å². The molecule has 10 heteroatoms. The highest BCUT2D eigenvalue weighted by molar-refractivity contribution is 5.34. The van der Waals surface area contributed by atoms with Gasteiger partial charge in [0.1, 0.15) is 5.82 Å². The minimum absolute atomic E-state index is 0.0657. The molecule has 1 heterocycles. The second-order valence-corrected chi connectivity index (χ2v) is 6.84. The van der Waals surface area contributed by atoms with Crippen molar-refractivity contribution in [1.82, 2.24) is 5.32 Å². The molecule has 2 aromatic carbocycles. The molecule has 0 bridgehead atoms. The van der Waals surface area contributed by atoms with Crippen LogP contribution < -0.4 is 5.32 Å². The van der Waals surface area contributed by atoms with Crippen molar-refractivity contribution < 1.29 is 40.2 Å². The summed E-state index contributed by atoms with van der Waals surface area (Å²) in [6.07, 6.45) is -12.0. The van der Waals surface area contributed by atoms with E-state index in [1.165, 1.54) is 31.2 Å². The van der Waals surface area contributed by atoms with Gasteiger partial charge in [0.05, 0.1) is 29.9 Å². The van der Waals surface area contributed by atoms with Crippen LogP contribution in [0.5, 0.6) is 0 Å². The predicted molar refractivity (Wildman–Crippen MR) is 92.8 cm³/mol. The van der Waals surface area contributed by atoms with E-state index < -0.39 is 47.7 Å². The van der Waals surface area contributed by atoms with Gasteiger partial charge < -0.3 is 14.8 Å². The fourth-order valence-electron chi connectivity index (χ4n) is 3.14. The molecule has 0 aromatic heterocycles. The summed E-state index contributed by atoms with van der Waals surface area (Å²) in [7, 11) is 0. The van der Waals surface area contributed by atoms with Crippen molar-refractivity contribution >= 4 is 0 Å². The average molecular weight is 437 g/mol. The number of morpholine rings is 1. The van der Waals surface area contributed by atoms with Gasteiger partial charge in [-0.1, -0.05) is 12.1 Å². The van der Waals surface area contributed by atoms with Crippen molar-refractivity contribution in [2.75, 3.05) is 13.2 Å². The van der Waals surface area contributed by atoms with Crippen LogP contribution in [0.1, 0.15) is 41.3 Å². The van der Waals surface area contributed by atoms with Crippen LogP contribution in [0.2, 0.25) is 0 Å². The number of halogens is 7. The number of rotatable bonds is 4. The van der Waals surface area contributed by atoms with Crippen LogP contribution in [0.15, 0.2) is 42.5 Å². The van der Waals surface area contributed by atoms with Crippen LogP contribution in [-0.2, 0) is 21.8 Å². The normalized spacial score (nSPS) is 21.5. The van der Waals surface area contributed by atoms with E-state index in [2.05, 4.69) is 5.32 Å². The Bertz CT molecular complexity index is 833. The summed E-state index contributed by atoms with van der Waals surface area (Å²) in [6.45, 7) is 2.01. The quantitative estimate of drug-likeness (QED) is 0.630. The zero-order valence-electron chi connectivity index (χ0n) is 15.6. The molecule has 1 N–H and O–H groups in total. The average Bonchev–Trinajstić information content (AvgIpc) is 2.67. The number of benzene rings is 2. The molecule has 0 amide bonds. The molecule has 2 aromatic rings. The molecule has 0 saturated carbocycles. The number of nitrogens with one attached hydrogen (secondary N) is 1. The molecule has 1 aliphatic rings. The molecule has 1 aliphatic heterocycles. The summed E-state index contributed by atoms with van der Waals surface area (Å²) in [5, 5.41) is 3.10. The van der Waals surface area contributed by atoms with Gasteiger partial charge in [-0.15, -0.1) is 0 Å². The third kappa shape index (κ3) is 5.30. The Morgan fingerprint density at radius 1 is 0.967 bits per heavy atom. The fraction of sp³-hybridized carbons (Fsp3) is 0.400. The van der Waals surface area contributed by atoms with E-state index in [9.17, 15) is 30.7 Å². The molecule has 1 fully saturated rings. The van der Waals surface area contributed by atoms with Crippen molar-refractivity contribution in [3.8, 4) is 0 Å². The maximum atomic E-state index is 13.2. The summed E-state index contributed by atoms with van der Waals surface area (Å²) in [4.78, 5) is 0. The van der Waals surface area contributed by atoms with E-state index in [1.807, 2.05) is 0 Å². The van der Waals surface area contributed by atoms with Gasteiger partial charge >= 0.3 is 12.4 Å². The molecule has 164 valence electrons. The van der Waals surface area contributed by atoms with Gasteiger partial charge in [0.15, 0.2) is 6.29 Å². The van der Waals surface area contributed by atoms with Crippen LogP contribution in [0.25, 0.3) is 0 Å². The van der Waals surface area contributed by atoms with Crippen LogP contribution in [0.4, 0.5) is 30.7 Å². The van der Waals surface area contributed by atoms with Crippen molar-refractivity contribution in [3.63, 3.8) is 0 Å². The molecule has 0 radical (unpaired) electrons. The maximum Gasteiger partial charge on any atom is 0.416 e. The largest absolute Gasteiger partial charge is 0.416 e. The summed E-state index contributed by atoms with van der Waals surface area (Å²) < 4.78 is 103. The van der Waals surface area contributed by atoms with Gasteiger partial charge in [-0.25, -0.2) is 4.39 Å². The summed E-state index contributed by atoms with van der Waals surface area (Å²) in [6, 6.07) is 6.20. The Morgan fingerprint density at radius 2 is 1.53 bits per heavy atom. The van der Waals surface area contributed by atoms with Gasteiger partial charge in [0, 0.05) is 6.54 Å². The topological polar surface area (TPSA) is 30.5 Å². The number of ether oxygens (including phenoxy) is 2. The lowest BCUT2D eigenvalue weighted by Crippen LogP contribution is -2.43. The molecular formula is C20H18F7NO2. The van der Waals surface area contributed by atoms with Crippen LogP contribution in [-0.4, -0.2) is 19.4 Å². The molecule has 1 unspecified atom stereocenters. The van der Waals surface area contributed by atoms with Crippen LogP contribution in [0.3, 0.4) is 0 Å². The van der Waals surface area contributed by atoms with Crippen molar-refractivity contribution in [3.05, 3.63) is 70.5 Å². The summed E-state index contributed by atoms with van der Waals surface area (Å²) in [5.74, 6) is -0.454. The monoisotopic (exact) mass is 437 g/mol. The van der Waals surface area contributed by atoms with Crippen molar-refractivity contribution in [2.24, 2.45) is 0 Å². The maximum absolute atomic E-state index is 13.2. The van der Waals surface area contributed by atoms with E-state index in [-0.39, 0.29) is 18.2 Å². The smallest absolute Gasteiger partial charge is 0.349 e. The highest BCUT2D eigenvalue weighted by Crippen LogP contribution is 2.38. The van der Waals surface area contributed by atoms with E-state index in [4.69, 9.17) is 9.47 Å². The van der Waals surface area contributed by atoms with E-state index in [0.29, 0.717) is 24.2 Å². The molecule has 0 aliphatic carbocycles. The summed E-state index contributed by atoms with van der Waals surface area (Å²) in [5.41, 5.74) is -2.52. The highest BCUT2D eigenvalue weighted by Gasteiger charge is 2.38. The Labute approximate surface area is 167 Å². The zero-order valence-corrected chi connectivity index (χ0v) is 15.6. The molecule has 30 heavy (non-hydrogen) atoms. The van der Waals surface area contributed by atoms with E-state index in [0.717, 1.165) is 0 Å². The molecule has 1 saturated heterocycles. The third-order valence-corrected chi connectivity index (χ3v) is 4.67. The minimum atomic E-state index is -4.95. The lowest BCUT2D eigenvalue weighted by Gasteiger charge is -2.34. The first-order chi connectivity index (χ1) is 13.9. The second-order valence-electron chi connectivity index (χ2n) is 6.84. The Balaban J connectivity index is 1.88. The van der Waals surface area contributed by atoms with Crippen LogP contribution >= 0.6 is 0 Å². The molecule has 3 atom stereocenters. The number of hydrogen-bond acceptors (Lipinski definition) is 3. The van der Waals surface area contributed by atoms with Crippen LogP contribution in [0, 0.1) is 5.82 Å². The molecular weight excluding hydrogens is 419 g/mol. The first kappa shape index (κ1) is 22.5. The lowest BCUT2D eigenvalue weighted by atomic mass is 10.0. The summed E-state index contributed by atoms with van der Waals surface area (Å²) >= 11 is 0. The van der Waals surface area contributed by atoms with Gasteiger partial charge in [-0.2, -0.15) is 26.3 Å². The third-order valence-electron chi connectivity index (χ3n) is 4.67. The Hall–Kier alpha value is -2.17.